The highest BCUT2D eigenvalue weighted by Gasteiger charge is 2.03. The van der Waals surface area contributed by atoms with Crippen molar-refractivity contribution in [2.75, 3.05) is 5.32 Å². The molecule has 1 aromatic heterocycles. The average Bonchev–Trinajstić information content (AvgIpc) is 2.76. The number of anilines is 1. The van der Waals surface area contributed by atoms with Crippen LogP contribution in [0.5, 0.6) is 0 Å². The molecular formula is C12H15N3O. The normalized spacial score (nSPS) is 10.4. The van der Waals surface area contributed by atoms with Crippen LogP contribution in [0.25, 0.3) is 0 Å². The number of rotatable bonds is 4. The zero-order valence-electron chi connectivity index (χ0n) is 9.53. The van der Waals surface area contributed by atoms with Gasteiger partial charge in [-0.2, -0.15) is 4.98 Å². The lowest BCUT2D eigenvalue weighted by Crippen LogP contribution is -1.99. The molecule has 0 aliphatic rings. The van der Waals surface area contributed by atoms with E-state index in [1.807, 2.05) is 19.1 Å². The number of aryl methyl sites for hydroxylation is 2. The standard InChI is InChI=1S/C12H15N3O/c1-3-11-14-12(16-15-11)8-13-10-6-4-9(2)5-7-10/h4-7,13H,3,8H2,1-2H3. The van der Waals surface area contributed by atoms with Crippen LogP contribution in [-0.2, 0) is 13.0 Å². The third-order valence-corrected chi connectivity index (χ3v) is 2.32. The highest BCUT2D eigenvalue weighted by molar-refractivity contribution is 5.44. The van der Waals surface area contributed by atoms with E-state index in [0.717, 1.165) is 17.9 Å². The van der Waals surface area contributed by atoms with Gasteiger partial charge in [0, 0.05) is 12.1 Å². The van der Waals surface area contributed by atoms with Gasteiger partial charge in [0.15, 0.2) is 5.82 Å². The van der Waals surface area contributed by atoms with Crippen molar-refractivity contribution >= 4 is 5.69 Å². The van der Waals surface area contributed by atoms with E-state index in [4.69, 9.17) is 4.52 Å². The van der Waals surface area contributed by atoms with Crippen LogP contribution in [0.3, 0.4) is 0 Å². The van der Waals surface area contributed by atoms with E-state index in [0.29, 0.717) is 12.4 Å². The summed E-state index contributed by atoms with van der Waals surface area (Å²) in [7, 11) is 0. The maximum Gasteiger partial charge on any atom is 0.245 e. The van der Waals surface area contributed by atoms with Crippen LogP contribution in [0.4, 0.5) is 5.69 Å². The van der Waals surface area contributed by atoms with Gasteiger partial charge in [-0.3, -0.25) is 0 Å². The SMILES string of the molecule is CCc1noc(CNc2ccc(C)cc2)n1. The Morgan fingerprint density at radius 1 is 1.25 bits per heavy atom. The number of nitrogens with zero attached hydrogens (tertiary/aromatic N) is 2. The van der Waals surface area contributed by atoms with Crippen LogP contribution in [0, 0.1) is 6.92 Å². The summed E-state index contributed by atoms with van der Waals surface area (Å²) < 4.78 is 5.08. The van der Waals surface area contributed by atoms with Crippen molar-refractivity contribution in [2.45, 2.75) is 26.8 Å². The molecule has 0 unspecified atom stereocenters. The minimum atomic E-state index is 0.566. The molecule has 2 aromatic rings. The Labute approximate surface area is 94.7 Å². The first-order valence-electron chi connectivity index (χ1n) is 5.40. The molecule has 0 atom stereocenters. The molecule has 16 heavy (non-hydrogen) atoms. The molecule has 1 N–H and O–H groups in total. The zero-order valence-corrected chi connectivity index (χ0v) is 9.53. The minimum Gasteiger partial charge on any atom is -0.376 e. The molecule has 0 saturated heterocycles. The van der Waals surface area contributed by atoms with Gasteiger partial charge in [-0.1, -0.05) is 29.8 Å². The Kier molecular flexibility index (Phi) is 3.19. The van der Waals surface area contributed by atoms with Gasteiger partial charge in [-0.15, -0.1) is 0 Å². The van der Waals surface area contributed by atoms with Gasteiger partial charge in [0.2, 0.25) is 5.89 Å². The van der Waals surface area contributed by atoms with Gasteiger partial charge < -0.3 is 9.84 Å². The molecule has 4 heteroatoms. The van der Waals surface area contributed by atoms with E-state index in [1.165, 1.54) is 5.56 Å². The summed E-state index contributed by atoms with van der Waals surface area (Å²) in [5, 5.41) is 7.06. The monoisotopic (exact) mass is 217 g/mol. The third-order valence-electron chi connectivity index (χ3n) is 2.32. The molecule has 0 amide bonds. The predicted octanol–water partition coefficient (Wildman–Crippen LogP) is 2.55. The number of aromatic nitrogens is 2. The summed E-state index contributed by atoms with van der Waals surface area (Å²) in [4.78, 5) is 4.22. The third kappa shape index (κ3) is 2.59. The first-order valence-corrected chi connectivity index (χ1v) is 5.40. The smallest absolute Gasteiger partial charge is 0.245 e. The number of nitrogens with one attached hydrogen (secondary N) is 1. The molecule has 2 rings (SSSR count). The fraction of sp³-hybridized carbons (Fsp3) is 0.333. The van der Waals surface area contributed by atoms with Crippen molar-refractivity contribution in [3.8, 4) is 0 Å². The highest BCUT2D eigenvalue weighted by Crippen LogP contribution is 2.10. The van der Waals surface area contributed by atoms with Crippen molar-refractivity contribution in [3.63, 3.8) is 0 Å². The summed E-state index contributed by atoms with van der Waals surface area (Å²) in [5.74, 6) is 1.37. The quantitative estimate of drug-likeness (QED) is 0.855. The van der Waals surface area contributed by atoms with E-state index in [2.05, 4.69) is 34.5 Å². The summed E-state index contributed by atoms with van der Waals surface area (Å²) in [6, 6.07) is 8.19. The molecule has 1 heterocycles. The molecule has 0 saturated carbocycles. The fourth-order valence-electron chi connectivity index (χ4n) is 1.35. The van der Waals surface area contributed by atoms with E-state index in [1.54, 1.807) is 0 Å². The lowest BCUT2D eigenvalue weighted by atomic mass is 10.2. The summed E-state index contributed by atoms with van der Waals surface area (Å²) >= 11 is 0. The Morgan fingerprint density at radius 3 is 2.62 bits per heavy atom. The molecule has 4 nitrogen and oxygen atoms in total. The fourth-order valence-corrected chi connectivity index (χ4v) is 1.35. The van der Waals surface area contributed by atoms with Crippen molar-refractivity contribution in [2.24, 2.45) is 0 Å². The topological polar surface area (TPSA) is 51.0 Å². The van der Waals surface area contributed by atoms with Crippen molar-refractivity contribution in [3.05, 3.63) is 41.5 Å². The molecule has 0 bridgehead atoms. The van der Waals surface area contributed by atoms with Crippen molar-refractivity contribution in [1.29, 1.82) is 0 Å². The lowest BCUT2D eigenvalue weighted by Gasteiger charge is -2.02. The first kappa shape index (κ1) is 10.7. The van der Waals surface area contributed by atoms with Gasteiger partial charge in [-0.25, -0.2) is 0 Å². The van der Waals surface area contributed by atoms with Crippen LogP contribution in [0.15, 0.2) is 28.8 Å². The van der Waals surface area contributed by atoms with E-state index < -0.39 is 0 Å². The van der Waals surface area contributed by atoms with Gasteiger partial charge in [0.05, 0.1) is 6.54 Å². The van der Waals surface area contributed by atoms with Gasteiger partial charge in [-0.05, 0) is 19.1 Å². The predicted molar refractivity (Wildman–Crippen MR) is 62.2 cm³/mol. The first-order chi connectivity index (χ1) is 7.78. The van der Waals surface area contributed by atoms with E-state index >= 15 is 0 Å². The van der Waals surface area contributed by atoms with Crippen LogP contribution in [-0.4, -0.2) is 10.1 Å². The summed E-state index contributed by atoms with van der Waals surface area (Å²) in [6.07, 6.45) is 0.800. The second-order valence-corrected chi connectivity index (χ2v) is 3.68. The van der Waals surface area contributed by atoms with Crippen LogP contribution in [0.2, 0.25) is 0 Å². The van der Waals surface area contributed by atoms with Gasteiger partial charge in [0.1, 0.15) is 0 Å². The van der Waals surface area contributed by atoms with Gasteiger partial charge >= 0.3 is 0 Å². The second kappa shape index (κ2) is 4.79. The molecule has 1 aromatic carbocycles. The van der Waals surface area contributed by atoms with Crippen LogP contribution < -0.4 is 5.32 Å². The summed E-state index contributed by atoms with van der Waals surface area (Å²) in [6.45, 7) is 4.63. The van der Waals surface area contributed by atoms with E-state index in [9.17, 15) is 0 Å². The minimum absolute atomic E-state index is 0.566. The molecular weight excluding hydrogens is 202 g/mol. The number of hydrogen-bond donors (Lipinski definition) is 1. The molecule has 84 valence electrons. The van der Waals surface area contributed by atoms with Crippen molar-refractivity contribution < 1.29 is 4.52 Å². The van der Waals surface area contributed by atoms with E-state index in [-0.39, 0.29) is 0 Å². The Balaban J connectivity index is 1.94. The van der Waals surface area contributed by atoms with Crippen LogP contribution >= 0.6 is 0 Å². The Hall–Kier alpha value is -1.84. The zero-order chi connectivity index (χ0) is 11.4. The van der Waals surface area contributed by atoms with Gasteiger partial charge in [0.25, 0.3) is 0 Å². The molecule has 0 radical (unpaired) electrons. The molecule has 0 fully saturated rings. The maximum absolute atomic E-state index is 5.08. The van der Waals surface area contributed by atoms with Crippen molar-refractivity contribution in [1.82, 2.24) is 10.1 Å². The molecule has 0 aliphatic heterocycles. The highest BCUT2D eigenvalue weighted by atomic mass is 16.5. The number of benzene rings is 1. The molecule has 0 aliphatic carbocycles. The van der Waals surface area contributed by atoms with Crippen LogP contribution in [0.1, 0.15) is 24.2 Å². The maximum atomic E-state index is 5.08. The largest absolute Gasteiger partial charge is 0.376 e. The summed E-state index contributed by atoms with van der Waals surface area (Å²) in [5.41, 5.74) is 2.30. The Bertz CT molecular complexity index is 448. The second-order valence-electron chi connectivity index (χ2n) is 3.68. The average molecular weight is 217 g/mol. The Morgan fingerprint density at radius 2 is 2.00 bits per heavy atom. The number of hydrogen-bond acceptors (Lipinski definition) is 4. The molecule has 0 spiro atoms. The lowest BCUT2D eigenvalue weighted by molar-refractivity contribution is 0.378.